The molecule has 1 N–H and O–H groups in total. The molecule has 0 saturated carbocycles. The van der Waals surface area contributed by atoms with Crippen LogP contribution >= 0.6 is 0 Å². The van der Waals surface area contributed by atoms with Gasteiger partial charge in [-0.25, -0.2) is 4.39 Å². The topological polar surface area (TPSA) is 15.3 Å². The molecule has 1 aromatic carbocycles. The summed E-state index contributed by atoms with van der Waals surface area (Å²) < 4.78 is 13.4. The molecule has 1 saturated heterocycles. The Bertz CT molecular complexity index is 419. The van der Waals surface area contributed by atoms with Gasteiger partial charge in [-0.1, -0.05) is 13.0 Å². The molecule has 1 fully saturated rings. The van der Waals surface area contributed by atoms with E-state index in [1.165, 1.54) is 5.56 Å². The van der Waals surface area contributed by atoms with E-state index in [-0.39, 0.29) is 5.82 Å². The minimum Gasteiger partial charge on any atom is -0.313 e. The maximum Gasteiger partial charge on any atom is 0.123 e. The van der Waals surface area contributed by atoms with Crippen LogP contribution in [-0.4, -0.2) is 30.1 Å². The Labute approximate surface area is 116 Å². The smallest absolute Gasteiger partial charge is 0.123 e. The third kappa shape index (κ3) is 3.77. The Morgan fingerprint density at radius 3 is 2.95 bits per heavy atom. The van der Waals surface area contributed by atoms with Crippen molar-refractivity contribution in [2.24, 2.45) is 0 Å². The van der Waals surface area contributed by atoms with Crippen LogP contribution in [0.3, 0.4) is 0 Å². The molecular weight excluding hydrogens is 239 g/mol. The maximum absolute atomic E-state index is 13.4. The number of rotatable bonds is 3. The monoisotopic (exact) mass is 264 g/mol. The average molecular weight is 264 g/mol. The van der Waals surface area contributed by atoms with Crippen molar-refractivity contribution < 1.29 is 4.39 Å². The largest absolute Gasteiger partial charge is 0.313 e. The second-order valence-electron chi connectivity index (χ2n) is 5.70. The Balaban J connectivity index is 2.12. The Morgan fingerprint density at radius 2 is 2.21 bits per heavy atom. The molecule has 1 aliphatic heterocycles. The van der Waals surface area contributed by atoms with Gasteiger partial charge in [-0.3, -0.25) is 4.90 Å². The molecule has 0 bridgehead atoms. The Morgan fingerprint density at radius 1 is 1.42 bits per heavy atom. The summed E-state index contributed by atoms with van der Waals surface area (Å²) in [6.45, 7) is 9.54. The van der Waals surface area contributed by atoms with Gasteiger partial charge >= 0.3 is 0 Å². The van der Waals surface area contributed by atoms with E-state index < -0.39 is 0 Å². The summed E-state index contributed by atoms with van der Waals surface area (Å²) in [5, 5.41) is 3.59. The van der Waals surface area contributed by atoms with E-state index in [0.717, 1.165) is 38.0 Å². The van der Waals surface area contributed by atoms with E-state index in [0.29, 0.717) is 12.1 Å². The highest BCUT2D eigenvalue weighted by Gasteiger charge is 2.22. The van der Waals surface area contributed by atoms with Gasteiger partial charge < -0.3 is 5.32 Å². The fraction of sp³-hybridized carbons (Fsp3) is 0.625. The van der Waals surface area contributed by atoms with Crippen LogP contribution in [-0.2, 0) is 6.54 Å². The van der Waals surface area contributed by atoms with Gasteiger partial charge in [0, 0.05) is 25.2 Å². The summed E-state index contributed by atoms with van der Waals surface area (Å²) in [5.41, 5.74) is 2.29. The SMILES string of the molecule is CCC1CN(Cc2cc(F)ccc2C)C(C)CCN1. The molecule has 0 spiro atoms. The second kappa shape index (κ2) is 6.49. The normalized spacial score (nSPS) is 25.3. The highest BCUT2D eigenvalue weighted by atomic mass is 19.1. The van der Waals surface area contributed by atoms with E-state index >= 15 is 0 Å². The van der Waals surface area contributed by atoms with Crippen molar-refractivity contribution >= 4 is 0 Å². The van der Waals surface area contributed by atoms with Crippen molar-refractivity contribution in [1.82, 2.24) is 10.2 Å². The van der Waals surface area contributed by atoms with Crippen molar-refractivity contribution in [3.05, 3.63) is 35.1 Å². The minimum atomic E-state index is -0.131. The van der Waals surface area contributed by atoms with Gasteiger partial charge in [-0.15, -0.1) is 0 Å². The fourth-order valence-corrected chi connectivity index (χ4v) is 2.73. The van der Waals surface area contributed by atoms with Crippen molar-refractivity contribution in [3.63, 3.8) is 0 Å². The van der Waals surface area contributed by atoms with Gasteiger partial charge in [0.25, 0.3) is 0 Å². The molecular formula is C16H25FN2. The summed E-state index contributed by atoms with van der Waals surface area (Å²) >= 11 is 0. The summed E-state index contributed by atoms with van der Waals surface area (Å²) in [5.74, 6) is -0.131. The molecule has 0 radical (unpaired) electrons. The minimum absolute atomic E-state index is 0.131. The molecule has 19 heavy (non-hydrogen) atoms. The number of nitrogens with one attached hydrogen (secondary N) is 1. The second-order valence-corrected chi connectivity index (χ2v) is 5.70. The summed E-state index contributed by atoms with van der Waals surface area (Å²) in [7, 11) is 0. The molecule has 0 aliphatic carbocycles. The molecule has 106 valence electrons. The summed E-state index contributed by atoms with van der Waals surface area (Å²) in [4.78, 5) is 2.48. The van der Waals surface area contributed by atoms with E-state index in [9.17, 15) is 4.39 Å². The molecule has 2 nitrogen and oxygen atoms in total. The Kier molecular flexibility index (Phi) is 4.94. The first-order chi connectivity index (χ1) is 9.10. The van der Waals surface area contributed by atoms with Crippen molar-refractivity contribution in [1.29, 1.82) is 0 Å². The van der Waals surface area contributed by atoms with Crippen LogP contribution in [0.5, 0.6) is 0 Å². The molecule has 1 heterocycles. The number of hydrogen-bond acceptors (Lipinski definition) is 2. The first kappa shape index (κ1) is 14.5. The van der Waals surface area contributed by atoms with Crippen LogP contribution in [0.15, 0.2) is 18.2 Å². The fourth-order valence-electron chi connectivity index (χ4n) is 2.73. The summed E-state index contributed by atoms with van der Waals surface area (Å²) in [6.07, 6.45) is 2.30. The molecule has 1 aliphatic rings. The maximum atomic E-state index is 13.4. The van der Waals surface area contributed by atoms with Crippen LogP contribution < -0.4 is 5.32 Å². The zero-order chi connectivity index (χ0) is 13.8. The van der Waals surface area contributed by atoms with E-state index in [1.54, 1.807) is 12.1 Å². The number of aryl methyl sites for hydroxylation is 1. The van der Waals surface area contributed by atoms with Gasteiger partial charge in [-0.2, -0.15) is 0 Å². The first-order valence-electron chi connectivity index (χ1n) is 7.32. The van der Waals surface area contributed by atoms with Gasteiger partial charge in [0.1, 0.15) is 5.82 Å². The standard InChI is InChI=1S/C16H25FN2/c1-4-16-11-19(13(3)7-8-18-16)10-14-9-15(17)6-5-12(14)2/h5-6,9,13,16,18H,4,7-8,10-11H2,1-3H3. The summed E-state index contributed by atoms with van der Waals surface area (Å²) in [6, 6.07) is 6.20. The zero-order valence-corrected chi connectivity index (χ0v) is 12.2. The highest BCUT2D eigenvalue weighted by Crippen LogP contribution is 2.18. The van der Waals surface area contributed by atoms with Crippen molar-refractivity contribution in [2.75, 3.05) is 13.1 Å². The molecule has 2 atom stereocenters. The zero-order valence-electron chi connectivity index (χ0n) is 12.2. The lowest BCUT2D eigenvalue weighted by Gasteiger charge is -2.29. The number of hydrogen-bond donors (Lipinski definition) is 1. The van der Waals surface area contributed by atoms with Crippen molar-refractivity contribution in [3.8, 4) is 0 Å². The van der Waals surface area contributed by atoms with Gasteiger partial charge in [0.2, 0.25) is 0 Å². The first-order valence-corrected chi connectivity index (χ1v) is 7.32. The van der Waals surface area contributed by atoms with E-state index in [2.05, 4.69) is 31.0 Å². The van der Waals surface area contributed by atoms with Crippen LogP contribution in [0.4, 0.5) is 4.39 Å². The van der Waals surface area contributed by atoms with E-state index in [4.69, 9.17) is 0 Å². The molecule has 1 aromatic rings. The third-order valence-corrected chi connectivity index (χ3v) is 4.25. The van der Waals surface area contributed by atoms with Crippen LogP contribution in [0, 0.1) is 12.7 Å². The number of benzene rings is 1. The van der Waals surface area contributed by atoms with Crippen LogP contribution in [0.1, 0.15) is 37.8 Å². The van der Waals surface area contributed by atoms with Gasteiger partial charge in [0.05, 0.1) is 0 Å². The average Bonchev–Trinajstić information content (AvgIpc) is 2.56. The van der Waals surface area contributed by atoms with Crippen LogP contribution in [0.2, 0.25) is 0 Å². The molecule has 0 amide bonds. The third-order valence-electron chi connectivity index (χ3n) is 4.25. The van der Waals surface area contributed by atoms with E-state index in [1.807, 2.05) is 6.07 Å². The van der Waals surface area contributed by atoms with Gasteiger partial charge in [-0.05, 0) is 56.5 Å². The van der Waals surface area contributed by atoms with Crippen molar-refractivity contribution in [2.45, 2.75) is 52.2 Å². The lowest BCUT2D eigenvalue weighted by atomic mass is 10.1. The predicted octanol–water partition coefficient (Wildman–Crippen LogP) is 3.10. The molecule has 2 rings (SSSR count). The van der Waals surface area contributed by atoms with Crippen LogP contribution in [0.25, 0.3) is 0 Å². The number of nitrogens with zero attached hydrogens (tertiary/aromatic N) is 1. The molecule has 0 aromatic heterocycles. The quantitative estimate of drug-likeness (QED) is 0.902. The lowest BCUT2D eigenvalue weighted by molar-refractivity contribution is 0.194. The molecule has 3 heteroatoms. The van der Waals surface area contributed by atoms with Gasteiger partial charge in [0.15, 0.2) is 0 Å². The number of halogens is 1. The Hall–Kier alpha value is -0.930. The molecule has 2 unspecified atom stereocenters. The highest BCUT2D eigenvalue weighted by molar-refractivity contribution is 5.26. The lowest BCUT2D eigenvalue weighted by Crippen LogP contribution is -2.39. The predicted molar refractivity (Wildman–Crippen MR) is 77.7 cm³/mol.